The van der Waals surface area contributed by atoms with E-state index in [0.29, 0.717) is 16.5 Å². The molecule has 0 aliphatic carbocycles. The van der Waals surface area contributed by atoms with E-state index in [0.717, 1.165) is 10.5 Å². The van der Waals surface area contributed by atoms with Crippen molar-refractivity contribution in [2.45, 2.75) is 32.2 Å². The maximum Gasteiger partial charge on any atom is 0.325 e. The molecule has 0 unspecified atom stereocenters. The van der Waals surface area contributed by atoms with Gasteiger partial charge in [-0.2, -0.15) is 0 Å². The van der Waals surface area contributed by atoms with Gasteiger partial charge in [-0.3, -0.25) is 14.5 Å². The Kier molecular flexibility index (Phi) is 5.07. The van der Waals surface area contributed by atoms with E-state index in [1.165, 1.54) is 0 Å². The van der Waals surface area contributed by atoms with E-state index in [2.05, 4.69) is 19.2 Å². The largest absolute Gasteiger partial charge is 0.325 e. The van der Waals surface area contributed by atoms with Crippen LogP contribution in [0.4, 0.5) is 4.79 Å². The van der Waals surface area contributed by atoms with E-state index in [-0.39, 0.29) is 17.9 Å². The molecule has 1 fully saturated rings. The minimum Gasteiger partial charge on any atom is -0.319 e. The van der Waals surface area contributed by atoms with E-state index in [4.69, 9.17) is 11.6 Å². The minimum atomic E-state index is -1.20. The third-order valence-corrected chi connectivity index (χ3v) is 5.24. The molecule has 1 N–H and O–H groups in total. The lowest BCUT2D eigenvalue weighted by Crippen LogP contribution is -2.41. The molecule has 0 spiro atoms. The number of carbonyl (C=O) groups is 3. The van der Waals surface area contributed by atoms with Gasteiger partial charge in [0.2, 0.25) is 0 Å². The minimum absolute atomic E-state index is 0.287. The number of nitrogens with one attached hydrogen (secondary N) is 1. The molecule has 1 aliphatic rings. The first-order valence-corrected chi connectivity index (χ1v) is 9.14. The standard InChI is InChI=1S/C21H21ClN2O3/c1-13(2)14-8-10-15(11-9-14)21(3)19(26)24(20(27)23-21)12-18(25)16-6-4-5-7-17(16)22/h4-11,13H,12H2,1-3H3,(H,23,27)/t21-/m0/s1. The Bertz CT molecular complexity index is 908. The van der Waals surface area contributed by atoms with E-state index < -0.39 is 17.5 Å². The second kappa shape index (κ2) is 7.16. The van der Waals surface area contributed by atoms with Crippen LogP contribution in [0.5, 0.6) is 0 Å². The van der Waals surface area contributed by atoms with E-state index in [1.807, 2.05) is 24.3 Å². The lowest BCUT2D eigenvalue weighted by molar-refractivity contribution is -0.130. The zero-order valence-corrected chi connectivity index (χ0v) is 16.2. The highest BCUT2D eigenvalue weighted by Crippen LogP contribution is 2.30. The topological polar surface area (TPSA) is 66.5 Å². The Morgan fingerprint density at radius 2 is 1.74 bits per heavy atom. The second-order valence-corrected chi connectivity index (χ2v) is 7.53. The summed E-state index contributed by atoms with van der Waals surface area (Å²) in [4.78, 5) is 38.8. The number of nitrogens with zero attached hydrogens (tertiary/aromatic N) is 1. The van der Waals surface area contributed by atoms with Gasteiger partial charge in [-0.25, -0.2) is 4.79 Å². The normalized spacial score (nSPS) is 19.5. The van der Waals surface area contributed by atoms with Gasteiger partial charge in [-0.15, -0.1) is 0 Å². The van der Waals surface area contributed by atoms with Crippen LogP contribution in [0.15, 0.2) is 48.5 Å². The molecule has 0 aromatic heterocycles. The Balaban J connectivity index is 1.84. The van der Waals surface area contributed by atoms with Crippen molar-refractivity contribution in [2.75, 3.05) is 6.54 Å². The first-order valence-electron chi connectivity index (χ1n) is 8.76. The fourth-order valence-electron chi connectivity index (χ4n) is 3.15. The number of hydrogen-bond donors (Lipinski definition) is 1. The molecule has 5 nitrogen and oxygen atoms in total. The maximum atomic E-state index is 13.0. The van der Waals surface area contributed by atoms with Crippen LogP contribution in [0.2, 0.25) is 5.02 Å². The van der Waals surface area contributed by atoms with Crippen LogP contribution < -0.4 is 5.32 Å². The molecule has 27 heavy (non-hydrogen) atoms. The van der Waals surface area contributed by atoms with Crippen molar-refractivity contribution >= 4 is 29.3 Å². The van der Waals surface area contributed by atoms with Crippen molar-refractivity contribution < 1.29 is 14.4 Å². The average molecular weight is 385 g/mol. The molecule has 0 radical (unpaired) electrons. The molecule has 3 amide bonds. The zero-order chi connectivity index (χ0) is 19.8. The van der Waals surface area contributed by atoms with Gasteiger partial charge in [0.25, 0.3) is 5.91 Å². The lowest BCUT2D eigenvalue weighted by Gasteiger charge is -2.22. The molecular weight excluding hydrogens is 364 g/mol. The fourth-order valence-corrected chi connectivity index (χ4v) is 3.39. The Labute approximate surface area is 163 Å². The summed E-state index contributed by atoms with van der Waals surface area (Å²) < 4.78 is 0. The Morgan fingerprint density at radius 3 is 2.33 bits per heavy atom. The van der Waals surface area contributed by atoms with Gasteiger partial charge in [0, 0.05) is 5.56 Å². The molecular formula is C21H21ClN2O3. The number of carbonyl (C=O) groups excluding carboxylic acids is 3. The smallest absolute Gasteiger partial charge is 0.319 e. The quantitative estimate of drug-likeness (QED) is 0.623. The Morgan fingerprint density at radius 1 is 1.11 bits per heavy atom. The lowest BCUT2D eigenvalue weighted by atomic mass is 9.90. The highest BCUT2D eigenvalue weighted by atomic mass is 35.5. The first-order chi connectivity index (χ1) is 12.7. The van der Waals surface area contributed by atoms with Gasteiger partial charge in [-0.1, -0.05) is 61.8 Å². The van der Waals surface area contributed by atoms with E-state index >= 15 is 0 Å². The molecule has 1 atom stereocenters. The molecule has 1 saturated heterocycles. The molecule has 0 saturated carbocycles. The van der Waals surface area contributed by atoms with Crippen LogP contribution in [0, 0.1) is 0 Å². The summed E-state index contributed by atoms with van der Waals surface area (Å²) in [5.41, 5.74) is 0.908. The first kappa shape index (κ1) is 19.1. The number of halogens is 1. The summed E-state index contributed by atoms with van der Waals surface area (Å²) in [5.74, 6) is -0.473. The van der Waals surface area contributed by atoms with Gasteiger partial charge < -0.3 is 5.32 Å². The molecule has 140 valence electrons. The van der Waals surface area contributed by atoms with Crippen LogP contribution in [0.25, 0.3) is 0 Å². The Hall–Kier alpha value is -2.66. The predicted molar refractivity (Wildman–Crippen MR) is 104 cm³/mol. The summed E-state index contributed by atoms with van der Waals surface area (Å²) in [6.45, 7) is 5.47. The van der Waals surface area contributed by atoms with Crippen molar-refractivity contribution in [3.05, 3.63) is 70.2 Å². The summed E-state index contributed by atoms with van der Waals surface area (Å²) in [6.07, 6.45) is 0. The van der Waals surface area contributed by atoms with Crippen LogP contribution in [-0.4, -0.2) is 29.2 Å². The second-order valence-electron chi connectivity index (χ2n) is 7.13. The third kappa shape index (κ3) is 3.47. The van der Waals surface area contributed by atoms with Crippen LogP contribution in [0.1, 0.15) is 48.2 Å². The maximum absolute atomic E-state index is 13.0. The molecule has 3 rings (SSSR count). The summed E-state index contributed by atoms with van der Waals surface area (Å²) in [5, 5.41) is 3.01. The van der Waals surface area contributed by atoms with Crippen LogP contribution >= 0.6 is 11.6 Å². The van der Waals surface area contributed by atoms with Crippen molar-refractivity contribution in [1.29, 1.82) is 0 Å². The molecule has 6 heteroatoms. The monoisotopic (exact) mass is 384 g/mol. The van der Waals surface area contributed by atoms with Gasteiger partial charge >= 0.3 is 6.03 Å². The molecule has 2 aromatic carbocycles. The van der Waals surface area contributed by atoms with Gasteiger partial charge in [0.15, 0.2) is 5.78 Å². The predicted octanol–water partition coefficient (Wildman–Crippen LogP) is 4.11. The van der Waals surface area contributed by atoms with Gasteiger partial charge in [0.1, 0.15) is 5.54 Å². The molecule has 1 aliphatic heterocycles. The number of benzene rings is 2. The summed E-state index contributed by atoms with van der Waals surface area (Å²) in [6, 6.07) is 13.6. The summed E-state index contributed by atoms with van der Waals surface area (Å²) in [7, 11) is 0. The van der Waals surface area contributed by atoms with E-state index in [9.17, 15) is 14.4 Å². The van der Waals surface area contributed by atoms with Gasteiger partial charge in [0.05, 0.1) is 11.6 Å². The number of urea groups is 1. The number of hydrogen-bond acceptors (Lipinski definition) is 3. The highest BCUT2D eigenvalue weighted by Gasteiger charge is 2.49. The third-order valence-electron chi connectivity index (χ3n) is 4.91. The fraction of sp³-hybridized carbons (Fsp3) is 0.286. The van der Waals surface area contributed by atoms with Crippen LogP contribution in [-0.2, 0) is 10.3 Å². The molecule has 2 aromatic rings. The number of amides is 3. The number of Topliss-reactive ketones (excluding diaryl/α,β-unsaturated/α-hetero) is 1. The number of rotatable bonds is 5. The number of ketones is 1. The SMILES string of the molecule is CC(C)c1ccc([C@]2(C)NC(=O)N(CC(=O)c3ccccc3Cl)C2=O)cc1. The average Bonchev–Trinajstić information content (AvgIpc) is 2.86. The van der Waals surface area contributed by atoms with Gasteiger partial charge in [-0.05, 0) is 36.1 Å². The molecule has 0 bridgehead atoms. The van der Waals surface area contributed by atoms with Crippen molar-refractivity contribution in [2.24, 2.45) is 0 Å². The van der Waals surface area contributed by atoms with Crippen molar-refractivity contribution in [3.63, 3.8) is 0 Å². The van der Waals surface area contributed by atoms with Crippen molar-refractivity contribution in [1.82, 2.24) is 10.2 Å². The highest BCUT2D eigenvalue weighted by molar-refractivity contribution is 6.34. The summed E-state index contributed by atoms with van der Waals surface area (Å²) >= 11 is 6.04. The van der Waals surface area contributed by atoms with E-state index in [1.54, 1.807) is 31.2 Å². The molecule has 1 heterocycles. The number of imide groups is 1. The van der Waals surface area contributed by atoms with Crippen molar-refractivity contribution in [3.8, 4) is 0 Å². The zero-order valence-electron chi connectivity index (χ0n) is 15.5. The van der Waals surface area contributed by atoms with Crippen LogP contribution in [0.3, 0.4) is 0 Å².